The average molecular weight is 253 g/mol. The van der Waals surface area contributed by atoms with Gasteiger partial charge in [-0.2, -0.15) is 5.10 Å². The summed E-state index contributed by atoms with van der Waals surface area (Å²) in [4.78, 5) is 15.9. The van der Waals surface area contributed by atoms with Gasteiger partial charge in [-0.05, 0) is 6.07 Å². The highest BCUT2D eigenvalue weighted by Crippen LogP contribution is 2.03. The van der Waals surface area contributed by atoms with Crippen LogP contribution < -0.4 is 5.56 Å². The normalized spacial score (nSPS) is 10.7. The number of aryl methyl sites for hydroxylation is 2. The van der Waals surface area contributed by atoms with E-state index in [0.29, 0.717) is 25.3 Å². The fraction of sp³-hybridized carbons (Fsp3) is 0.364. The predicted octanol–water partition coefficient (Wildman–Crippen LogP) is 1.36. The van der Waals surface area contributed by atoms with Crippen LogP contribution in [0.3, 0.4) is 0 Å². The molecule has 0 N–H and O–H groups in total. The molecule has 0 radical (unpaired) electrons. The van der Waals surface area contributed by atoms with Gasteiger partial charge in [-0.1, -0.05) is 18.5 Å². The first kappa shape index (κ1) is 11.9. The predicted molar refractivity (Wildman–Crippen MR) is 65.1 cm³/mol. The molecule has 0 unspecified atom stereocenters. The van der Waals surface area contributed by atoms with Crippen LogP contribution in [0.4, 0.5) is 0 Å². The fourth-order valence-electron chi connectivity index (χ4n) is 1.67. The van der Waals surface area contributed by atoms with Crippen molar-refractivity contribution in [2.45, 2.75) is 26.4 Å². The van der Waals surface area contributed by atoms with E-state index in [1.807, 2.05) is 19.2 Å². The van der Waals surface area contributed by atoms with Crippen molar-refractivity contribution in [2.75, 3.05) is 0 Å². The molecular formula is C11H13ClN4O. The minimum absolute atomic E-state index is 0.117. The van der Waals surface area contributed by atoms with Crippen LogP contribution in [-0.4, -0.2) is 19.3 Å². The molecule has 0 fully saturated rings. The summed E-state index contributed by atoms with van der Waals surface area (Å²) >= 11 is 5.76. The van der Waals surface area contributed by atoms with Gasteiger partial charge in [0, 0.05) is 31.4 Å². The molecule has 0 aliphatic carbocycles. The van der Waals surface area contributed by atoms with Crippen molar-refractivity contribution in [1.29, 1.82) is 0 Å². The molecule has 2 aromatic rings. The zero-order valence-corrected chi connectivity index (χ0v) is 10.3. The van der Waals surface area contributed by atoms with Crippen LogP contribution in [0, 0.1) is 0 Å². The molecular weight excluding hydrogens is 240 g/mol. The van der Waals surface area contributed by atoms with Gasteiger partial charge in [0.25, 0.3) is 5.56 Å². The van der Waals surface area contributed by atoms with E-state index in [0.717, 1.165) is 0 Å². The molecule has 0 atom stereocenters. The maximum absolute atomic E-state index is 11.8. The summed E-state index contributed by atoms with van der Waals surface area (Å²) in [5.74, 6) is 0.703. The summed E-state index contributed by atoms with van der Waals surface area (Å²) in [7, 11) is 0. The highest BCUT2D eigenvalue weighted by Gasteiger charge is 2.06. The van der Waals surface area contributed by atoms with Crippen LogP contribution in [-0.2, 0) is 19.5 Å². The Bertz CT molecular complexity index is 547. The van der Waals surface area contributed by atoms with E-state index >= 15 is 0 Å². The van der Waals surface area contributed by atoms with Crippen LogP contribution in [0.15, 0.2) is 29.3 Å². The van der Waals surface area contributed by atoms with Crippen LogP contribution in [0.5, 0.6) is 0 Å². The maximum atomic E-state index is 11.8. The van der Waals surface area contributed by atoms with Crippen molar-refractivity contribution in [3.63, 3.8) is 0 Å². The van der Waals surface area contributed by atoms with Gasteiger partial charge in [0.05, 0.1) is 6.54 Å². The van der Waals surface area contributed by atoms with E-state index < -0.39 is 0 Å². The standard InChI is InChI=1S/C11H13ClN4O/c1-2-10-14-9(12)8-11(17)16(10)7-6-15-5-3-4-13-15/h3-5,8H,2,6-7H2,1H3. The molecule has 0 aliphatic heterocycles. The Balaban J connectivity index is 2.23. The topological polar surface area (TPSA) is 52.7 Å². The highest BCUT2D eigenvalue weighted by atomic mass is 35.5. The van der Waals surface area contributed by atoms with E-state index in [9.17, 15) is 4.79 Å². The molecule has 0 amide bonds. The van der Waals surface area contributed by atoms with E-state index in [4.69, 9.17) is 11.6 Å². The van der Waals surface area contributed by atoms with Crippen LogP contribution in [0.1, 0.15) is 12.7 Å². The summed E-state index contributed by atoms with van der Waals surface area (Å²) in [6, 6.07) is 3.19. The maximum Gasteiger partial charge on any atom is 0.255 e. The van der Waals surface area contributed by atoms with Gasteiger partial charge in [0.15, 0.2) is 0 Å². The summed E-state index contributed by atoms with van der Waals surface area (Å²) in [6.07, 6.45) is 4.25. The lowest BCUT2D eigenvalue weighted by Crippen LogP contribution is -2.26. The van der Waals surface area contributed by atoms with E-state index in [1.54, 1.807) is 15.4 Å². The SMILES string of the molecule is CCc1nc(Cl)cc(=O)n1CCn1cccn1. The zero-order chi connectivity index (χ0) is 12.3. The fourth-order valence-corrected chi connectivity index (χ4v) is 1.86. The van der Waals surface area contributed by atoms with Crippen molar-refractivity contribution in [3.05, 3.63) is 45.9 Å². The molecule has 0 saturated carbocycles. The summed E-state index contributed by atoms with van der Waals surface area (Å²) < 4.78 is 3.41. The minimum Gasteiger partial charge on any atom is -0.295 e. The molecule has 2 rings (SSSR count). The molecule has 0 aromatic carbocycles. The molecule has 0 spiro atoms. The first-order chi connectivity index (χ1) is 8.20. The molecule has 0 saturated heterocycles. The van der Waals surface area contributed by atoms with Gasteiger partial charge in [-0.3, -0.25) is 14.0 Å². The Morgan fingerprint density at radius 1 is 1.41 bits per heavy atom. The quantitative estimate of drug-likeness (QED) is 0.772. The lowest BCUT2D eigenvalue weighted by Gasteiger charge is -2.10. The second-order valence-electron chi connectivity index (χ2n) is 3.61. The van der Waals surface area contributed by atoms with Crippen LogP contribution >= 0.6 is 11.6 Å². The first-order valence-corrected chi connectivity index (χ1v) is 5.82. The molecule has 17 heavy (non-hydrogen) atoms. The third kappa shape index (κ3) is 2.74. The van der Waals surface area contributed by atoms with Crippen LogP contribution in [0.2, 0.25) is 5.15 Å². The Morgan fingerprint density at radius 2 is 2.24 bits per heavy atom. The number of hydrogen-bond acceptors (Lipinski definition) is 3. The minimum atomic E-state index is -0.117. The van der Waals surface area contributed by atoms with Crippen LogP contribution in [0.25, 0.3) is 0 Å². The summed E-state index contributed by atoms with van der Waals surface area (Å²) in [5.41, 5.74) is -0.117. The van der Waals surface area contributed by atoms with Gasteiger partial charge in [-0.25, -0.2) is 4.98 Å². The molecule has 90 valence electrons. The van der Waals surface area contributed by atoms with Gasteiger partial charge >= 0.3 is 0 Å². The number of nitrogens with zero attached hydrogens (tertiary/aromatic N) is 4. The number of aromatic nitrogens is 4. The Kier molecular flexibility index (Phi) is 3.58. The lowest BCUT2D eigenvalue weighted by molar-refractivity contribution is 0.504. The van der Waals surface area contributed by atoms with Crippen molar-refractivity contribution in [2.24, 2.45) is 0 Å². The summed E-state index contributed by atoms with van der Waals surface area (Å²) in [5, 5.41) is 4.34. The largest absolute Gasteiger partial charge is 0.295 e. The molecule has 2 heterocycles. The Hall–Kier alpha value is -1.62. The molecule has 0 aliphatic rings. The van der Waals surface area contributed by atoms with Crippen molar-refractivity contribution < 1.29 is 0 Å². The van der Waals surface area contributed by atoms with E-state index in [-0.39, 0.29) is 10.7 Å². The molecule has 2 aromatic heterocycles. The van der Waals surface area contributed by atoms with Gasteiger partial charge < -0.3 is 0 Å². The smallest absolute Gasteiger partial charge is 0.255 e. The second-order valence-corrected chi connectivity index (χ2v) is 3.99. The molecule has 0 bridgehead atoms. The zero-order valence-electron chi connectivity index (χ0n) is 9.51. The lowest BCUT2D eigenvalue weighted by atomic mass is 10.4. The second kappa shape index (κ2) is 5.14. The van der Waals surface area contributed by atoms with Gasteiger partial charge in [0.2, 0.25) is 0 Å². The van der Waals surface area contributed by atoms with E-state index in [2.05, 4.69) is 10.1 Å². The Morgan fingerprint density at radius 3 is 2.88 bits per heavy atom. The number of halogens is 1. The molecule has 5 nitrogen and oxygen atoms in total. The van der Waals surface area contributed by atoms with Crippen molar-refractivity contribution in [3.8, 4) is 0 Å². The molecule has 6 heteroatoms. The highest BCUT2D eigenvalue weighted by molar-refractivity contribution is 6.29. The Labute approximate surface area is 104 Å². The van der Waals surface area contributed by atoms with Gasteiger partial charge in [0.1, 0.15) is 11.0 Å². The first-order valence-electron chi connectivity index (χ1n) is 5.44. The third-order valence-corrected chi connectivity index (χ3v) is 2.68. The monoisotopic (exact) mass is 252 g/mol. The average Bonchev–Trinajstić information content (AvgIpc) is 2.79. The number of hydrogen-bond donors (Lipinski definition) is 0. The summed E-state index contributed by atoms with van der Waals surface area (Å²) in [6.45, 7) is 3.14. The van der Waals surface area contributed by atoms with Crippen molar-refractivity contribution >= 4 is 11.6 Å². The number of rotatable bonds is 4. The van der Waals surface area contributed by atoms with E-state index in [1.165, 1.54) is 6.07 Å². The van der Waals surface area contributed by atoms with Gasteiger partial charge in [-0.15, -0.1) is 0 Å². The third-order valence-electron chi connectivity index (χ3n) is 2.48. The van der Waals surface area contributed by atoms with Crippen molar-refractivity contribution in [1.82, 2.24) is 19.3 Å².